The van der Waals surface area contributed by atoms with Crippen molar-refractivity contribution < 1.29 is 29.4 Å². The van der Waals surface area contributed by atoms with Crippen molar-refractivity contribution in [2.45, 2.75) is 18.9 Å². The van der Waals surface area contributed by atoms with Gasteiger partial charge < -0.3 is 14.4 Å². The number of nitrogens with zero attached hydrogens (tertiary/aromatic N) is 2. The van der Waals surface area contributed by atoms with E-state index in [9.17, 15) is 25.0 Å². The molecule has 0 aliphatic rings. The van der Waals surface area contributed by atoms with E-state index in [0.29, 0.717) is 17.1 Å². The van der Waals surface area contributed by atoms with Gasteiger partial charge in [0, 0.05) is 5.75 Å². The second-order valence-corrected chi connectivity index (χ2v) is 6.83. The maximum atomic E-state index is 12.5. The molecular formula is C18H18N2O8S. The summed E-state index contributed by atoms with van der Waals surface area (Å²) < 4.78 is 5.75. The van der Waals surface area contributed by atoms with E-state index in [-0.39, 0.29) is 10.9 Å². The summed E-state index contributed by atoms with van der Waals surface area (Å²) in [4.78, 5) is 41.6. The Hall–Kier alpha value is -3.34. The molecule has 0 aliphatic carbocycles. The molecule has 0 aliphatic heterocycles. The van der Waals surface area contributed by atoms with Gasteiger partial charge in [-0.15, -0.1) is 20.2 Å². The van der Waals surface area contributed by atoms with Gasteiger partial charge in [0.2, 0.25) is 0 Å². The van der Waals surface area contributed by atoms with Crippen LogP contribution in [0.1, 0.15) is 18.4 Å². The minimum absolute atomic E-state index is 0.168. The first-order valence-corrected chi connectivity index (χ1v) is 9.41. The molecule has 2 rings (SSSR count). The molecule has 0 amide bonds. The van der Waals surface area contributed by atoms with Crippen LogP contribution in [-0.2, 0) is 14.5 Å². The fourth-order valence-electron chi connectivity index (χ4n) is 2.28. The summed E-state index contributed by atoms with van der Waals surface area (Å²) in [7, 11) is 0. The van der Waals surface area contributed by atoms with Gasteiger partial charge in [-0.2, -0.15) is 0 Å². The maximum absolute atomic E-state index is 12.5. The van der Waals surface area contributed by atoms with Crippen molar-refractivity contribution in [2.75, 3.05) is 12.4 Å². The van der Waals surface area contributed by atoms with Gasteiger partial charge in [-0.05, 0) is 29.8 Å². The van der Waals surface area contributed by atoms with Crippen molar-refractivity contribution in [2.24, 2.45) is 0 Å². The van der Waals surface area contributed by atoms with Crippen LogP contribution in [0.15, 0.2) is 54.6 Å². The molecule has 0 fully saturated rings. The van der Waals surface area contributed by atoms with Crippen LogP contribution in [-0.4, -0.2) is 33.8 Å². The zero-order valence-electron chi connectivity index (χ0n) is 15.3. The van der Waals surface area contributed by atoms with Crippen LogP contribution in [0.25, 0.3) is 0 Å². The summed E-state index contributed by atoms with van der Waals surface area (Å²) in [5.74, 6) is 0.515. The maximum Gasteiger partial charge on any atom is 0.294 e. The van der Waals surface area contributed by atoms with Crippen molar-refractivity contribution >= 4 is 16.9 Å². The Morgan fingerprint density at radius 1 is 1.03 bits per heavy atom. The van der Waals surface area contributed by atoms with Gasteiger partial charge in [0.1, 0.15) is 24.2 Å². The van der Waals surface area contributed by atoms with E-state index in [4.69, 9.17) is 4.74 Å². The van der Waals surface area contributed by atoms with Crippen LogP contribution >= 0.6 is 11.8 Å². The number of hydrogen-bond acceptors (Lipinski definition) is 9. The second kappa shape index (κ2) is 10.9. The summed E-state index contributed by atoms with van der Waals surface area (Å²) in [6, 6.07) is 16.2. The smallest absolute Gasteiger partial charge is 0.294 e. The minimum atomic E-state index is -1.25. The topological polar surface area (TPSA) is 131 Å². The van der Waals surface area contributed by atoms with Crippen molar-refractivity contribution in [3.8, 4) is 11.5 Å². The van der Waals surface area contributed by atoms with Gasteiger partial charge in [0.15, 0.2) is 5.12 Å². The monoisotopic (exact) mass is 422 g/mol. The minimum Gasteiger partial charge on any atom is -0.457 e. The second-order valence-electron chi connectivity index (χ2n) is 5.81. The molecule has 2 unspecified atom stereocenters. The number of rotatable bonds is 11. The summed E-state index contributed by atoms with van der Waals surface area (Å²) in [5, 5.41) is 18.3. The van der Waals surface area contributed by atoms with E-state index >= 15 is 0 Å². The third-order valence-electron chi connectivity index (χ3n) is 3.70. The van der Waals surface area contributed by atoms with E-state index < -0.39 is 28.8 Å². The van der Waals surface area contributed by atoms with E-state index in [0.717, 1.165) is 11.8 Å². The summed E-state index contributed by atoms with van der Waals surface area (Å²) in [6.07, 6.45) is -1.25. The van der Waals surface area contributed by atoms with Crippen molar-refractivity contribution in [3.05, 3.63) is 80.4 Å². The Bertz CT molecular complexity index is 849. The normalized spacial score (nSPS) is 12.4. The van der Waals surface area contributed by atoms with Crippen LogP contribution in [0.3, 0.4) is 0 Å². The molecule has 29 heavy (non-hydrogen) atoms. The third kappa shape index (κ3) is 7.66. The summed E-state index contributed by atoms with van der Waals surface area (Å²) >= 11 is 0.779. The van der Waals surface area contributed by atoms with Gasteiger partial charge in [-0.25, -0.2) is 0 Å². The molecule has 0 N–H and O–H groups in total. The predicted molar refractivity (Wildman–Crippen MR) is 104 cm³/mol. The van der Waals surface area contributed by atoms with Crippen LogP contribution in [0.5, 0.6) is 11.5 Å². The predicted octanol–water partition coefficient (Wildman–Crippen LogP) is 3.63. The Kier molecular flexibility index (Phi) is 8.22. The zero-order chi connectivity index (χ0) is 21.2. The van der Waals surface area contributed by atoms with E-state index in [1.54, 1.807) is 43.3 Å². The molecular weight excluding hydrogens is 404 g/mol. The molecule has 0 saturated heterocycles. The SMILES string of the molecule is CC(C(=O)SCC(CO[N+](=O)[O-])O[N+](=O)[O-])c1cccc(Oc2ccccc2)c1. The third-order valence-corrected chi connectivity index (χ3v) is 4.88. The molecule has 0 heterocycles. The van der Waals surface area contributed by atoms with Crippen molar-refractivity contribution in [1.82, 2.24) is 0 Å². The standard InChI is InChI=1S/C18H18N2O8S/c1-13(18(21)29-12-17(28-20(24)25)11-26-19(22)23)14-6-5-9-16(10-14)27-15-7-3-2-4-8-15/h2-10,13,17H,11-12H2,1H3. The van der Waals surface area contributed by atoms with Crippen LogP contribution < -0.4 is 4.74 Å². The van der Waals surface area contributed by atoms with E-state index in [2.05, 4.69) is 9.68 Å². The number of thioether (sulfide) groups is 1. The molecule has 2 aromatic carbocycles. The molecule has 10 nitrogen and oxygen atoms in total. The van der Waals surface area contributed by atoms with Gasteiger partial charge >= 0.3 is 0 Å². The van der Waals surface area contributed by atoms with E-state index in [1.165, 1.54) is 0 Å². The van der Waals surface area contributed by atoms with Crippen LogP contribution in [0.4, 0.5) is 0 Å². The van der Waals surface area contributed by atoms with Gasteiger partial charge in [-0.1, -0.05) is 49.0 Å². The highest BCUT2D eigenvalue weighted by molar-refractivity contribution is 8.13. The zero-order valence-corrected chi connectivity index (χ0v) is 16.2. The largest absolute Gasteiger partial charge is 0.457 e. The number of para-hydroxylation sites is 1. The molecule has 2 atom stereocenters. The highest BCUT2D eigenvalue weighted by Gasteiger charge is 2.22. The lowest BCUT2D eigenvalue weighted by Gasteiger charge is -2.15. The van der Waals surface area contributed by atoms with Gasteiger partial charge in [-0.3, -0.25) is 4.79 Å². The number of carbonyl (C=O) groups is 1. The Labute approximate surface area is 170 Å². The molecule has 154 valence electrons. The number of benzene rings is 2. The van der Waals surface area contributed by atoms with Crippen molar-refractivity contribution in [3.63, 3.8) is 0 Å². The Morgan fingerprint density at radius 2 is 1.72 bits per heavy atom. The average molecular weight is 422 g/mol. The summed E-state index contributed by atoms with van der Waals surface area (Å²) in [6.45, 7) is 1.04. The Balaban J connectivity index is 1.96. The van der Waals surface area contributed by atoms with Crippen LogP contribution in [0.2, 0.25) is 0 Å². The molecule has 0 saturated carbocycles. The number of ether oxygens (including phenoxy) is 1. The number of hydrogen-bond donors (Lipinski definition) is 0. The fraction of sp³-hybridized carbons (Fsp3) is 0.278. The fourth-order valence-corrected chi connectivity index (χ4v) is 3.18. The molecule has 11 heteroatoms. The van der Waals surface area contributed by atoms with Crippen molar-refractivity contribution in [1.29, 1.82) is 0 Å². The highest BCUT2D eigenvalue weighted by Crippen LogP contribution is 2.28. The number of carbonyl (C=O) groups excluding carboxylic acids is 1. The van der Waals surface area contributed by atoms with E-state index in [1.807, 2.05) is 18.2 Å². The average Bonchev–Trinajstić information content (AvgIpc) is 2.69. The molecule has 0 bridgehead atoms. The lowest BCUT2D eigenvalue weighted by molar-refractivity contribution is -0.788. The molecule has 0 radical (unpaired) electrons. The first-order valence-electron chi connectivity index (χ1n) is 8.43. The molecule has 0 spiro atoms. The molecule has 2 aromatic rings. The summed E-state index contributed by atoms with van der Waals surface area (Å²) in [5.41, 5.74) is 0.698. The first kappa shape index (κ1) is 22.0. The lowest BCUT2D eigenvalue weighted by Crippen LogP contribution is -2.27. The first-order chi connectivity index (χ1) is 13.8. The highest BCUT2D eigenvalue weighted by atomic mass is 32.2. The van der Waals surface area contributed by atoms with Gasteiger partial charge in [0.05, 0.1) is 5.92 Å². The lowest BCUT2D eigenvalue weighted by atomic mass is 10.0. The van der Waals surface area contributed by atoms with Crippen LogP contribution in [0, 0.1) is 20.2 Å². The quantitative estimate of drug-likeness (QED) is 0.393. The molecule has 0 aromatic heterocycles. The Morgan fingerprint density at radius 3 is 2.38 bits per heavy atom. The van der Waals surface area contributed by atoms with Gasteiger partial charge in [0.25, 0.3) is 10.2 Å².